The van der Waals surface area contributed by atoms with Crippen molar-refractivity contribution < 1.29 is 14.3 Å². The molecule has 4 aromatic rings. The van der Waals surface area contributed by atoms with Crippen molar-refractivity contribution in [1.82, 2.24) is 4.98 Å². The summed E-state index contributed by atoms with van der Waals surface area (Å²) in [4.78, 5) is 29.6. The Bertz CT molecular complexity index is 1410. The molecular weight excluding hydrogens is 458 g/mol. The number of benzene rings is 3. The number of fused-ring (bicyclic) bond motifs is 1. The van der Waals surface area contributed by atoms with Gasteiger partial charge in [0.1, 0.15) is 0 Å². The number of carbonyl (C=O) groups excluding carboxylic acids is 2. The standard InChI is InChI=1S/C30H26ClNO3/c1-20(30(34)35-2)27-9-4-3-7-22(27)13-17-29(33)24-8-5-6-21(18-24)10-15-26-16-12-23-11-14-25(31)19-28(23)32-26/h3-12,14-16,18-20H,13,17H2,1-2H3. The predicted molar refractivity (Wildman–Crippen MR) is 142 cm³/mol. The van der Waals surface area contributed by atoms with E-state index in [1.807, 2.05) is 97.9 Å². The lowest BCUT2D eigenvalue weighted by atomic mass is 9.92. The minimum absolute atomic E-state index is 0.0549. The van der Waals surface area contributed by atoms with Crippen molar-refractivity contribution in [3.8, 4) is 0 Å². The molecule has 0 N–H and O–H groups in total. The van der Waals surface area contributed by atoms with Gasteiger partial charge in [-0.2, -0.15) is 0 Å². The first-order valence-electron chi connectivity index (χ1n) is 11.5. The fraction of sp³-hybridized carbons (Fsp3) is 0.167. The first-order valence-corrected chi connectivity index (χ1v) is 11.9. The van der Waals surface area contributed by atoms with Crippen LogP contribution in [0.15, 0.2) is 78.9 Å². The van der Waals surface area contributed by atoms with Crippen molar-refractivity contribution in [3.63, 3.8) is 0 Å². The van der Waals surface area contributed by atoms with Crippen molar-refractivity contribution in [2.45, 2.75) is 25.7 Å². The first-order chi connectivity index (χ1) is 16.9. The fourth-order valence-corrected chi connectivity index (χ4v) is 4.24. The molecule has 3 aromatic carbocycles. The number of hydrogen-bond donors (Lipinski definition) is 0. The van der Waals surface area contributed by atoms with Crippen LogP contribution >= 0.6 is 11.6 Å². The van der Waals surface area contributed by atoms with Gasteiger partial charge in [0.2, 0.25) is 0 Å². The average molecular weight is 484 g/mol. The number of nitrogens with zero attached hydrogens (tertiary/aromatic N) is 1. The molecule has 1 aromatic heterocycles. The van der Waals surface area contributed by atoms with E-state index in [9.17, 15) is 9.59 Å². The highest BCUT2D eigenvalue weighted by molar-refractivity contribution is 6.31. The van der Waals surface area contributed by atoms with Crippen LogP contribution in [0.3, 0.4) is 0 Å². The third-order valence-electron chi connectivity index (χ3n) is 6.03. The van der Waals surface area contributed by atoms with E-state index in [1.54, 1.807) is 0 Å². The van der Waals surface area contributed by atoms with Crippen LogP contribution in [-0.4, -0.2) is 23.8 Å². The quantitative estimate of drug-likeness (QED) is 0.197. The normalized spacial score (nSPS) is 12.1. The SMILES string of the molecule is COC(=O)C(C)c1ccccc1CCC(=O)c1cccc(C=Cc2ccc3ccc(Cl)cc3n2)c1. The molecule has 0 bridgehead atoms. The number of ether oxygens (including phenoxy) is 1. The maximum absolute atomic E-state index is 13.0. The molecular formula is C30H26ClNO3. The van der Waals surface area contributed by atoms with Gasteiger partial charge in [-0.25, -0.2) is 4.98 Å². The van der Waals surface area contributed by atoms with Crippen LogP contribution in [0, 0.1) is 0 Å². The zero-order chi connectivity index (χ0) is 24.8. The summed E-state index contributed by atoms with van der Waals surface area (Å²) < 4.78 is 4.89. The monoisotopic (exact) mass is 483 g/mol. The van der Waals surface area contributed by atoms with Gasteiger partial charge < -0.3 is 4.74 Å². The van der Waals surface area contributed by atoms with Crippen molar-refractivity contribution in [2.24, 2.45) is 0 Å². The van der Waals surface area contributed by atoms with E-state index >= 15 is 0 Å². The minimum Gasteiger partial charge on any atom is -0.469 e. The van der Waals surface area contributed by atoms with Crippen LogP contribution in [0.1, 0.15) is 52.0 Å². The molecule has 4 rings (SSSR count). The van der Waals surface area contributed by atoms with Crippen molar-refractivity contribution in [2.75, 3.05) is 7.11 Å². The molecule has 0 amide bonds. The number of aromatic nitrogens is 1. The summed E-state index contributed by atoms with van der Waals surface area (Å²) in [6.45, 7) is 1.82. The summed E-state index contributed by atoms with van der Waals surface area (Å²) in [6, 6.07) is 24.9. The number of halogens is 1. The van der Waals surface area contributed by atoms with Crippen LogP contribution in [-0.2, 0) is 16.0 Å². The van der Waals surface area contributed by atoms with E-state index in [4.69, 9.17) is 16.3 Å². The predicted octanol–water partition coefficient (Wildman–Crippen LogP) is 7.15. The third kappa shape index (κ3) is 6.03. The second-order valence-electron chi connectivity index (χ2n) is 8.40. The van der Waals surface area contributed by atoms with Crippen LogP contribution < -0.4 is 0 Å². The summed E-state index contributed by atoms with van der Waals surface area (Å²) in [5.74, 6) is -0.606. The molecule has 5 heteroatoms. The molecule has 0 radical (unpaired) electrons. The van der Waals surface area contributed by atoms with Crippen LogP contribution in [0.5, 0.6) is 0 Å². The Balaban J connectivity index is 1.46. The molecule has 176 valence electrons. The summed E-state index contributed by atoms with van der Waals surface area (Å²) in [5.41, 5.74) is 5.11. The lowest BCUT2D eigenvalue weighted by molar-refractivity contribution is -0.142. The van der Waals surface area contributed by atoms with Gasteiger partial charge in [-0.15, -0.1) is 0 Å². The Labute approximate surface area is 210 Å². The number of carbonyl (C=O) groups is 2. The molecule has 1 unspecified atom stereocenters. The highest BCUT2D eigenvalue weighted by atomic mass is 35.5. The zero-order valence-electron chi connectivity index (χ0n) is 19.7. The Kier molecular flexibility index (Phi) is 7.74. The number of pyridine rings is 1. The molecule has 0 aliphatic carbocycles. The molecule has 0 aliphatic heterocycles. The number of aryl methyl sites for hydroxylation is 1. The van der Waals surface area contributed by atoms with Gasteiger partial charge in [0.05, 0.1) is 24.2 Å². The fourth-order valence-electron chi connectivity index (χ4n) is 4.08. The highest BCUT2D eigenvalue weighted by Gasteiger charge is 2.19. The first kappa shape index (κ1) is 24.4. The second-order valence-corrected chi connectivity index (χ2v) is 8.84. The van der Waals surface area contributed by atoms with E-state index in [0.29, 0.717) is 23.4 Å². The van der Waals surface area contributed by atoms with Crippen molar-refractivity contribution >= 4 is 46.4 Å². The number of esters is 1. The molecule has 0 spiro atoms. The summed E-state index contributed by atoms with van der Waals surface area (Å²) >= 11 is 6.09. The Morgan fingerprint density at radius 1 is 0.971 bits per heavy atom. The third-order valence-corrected chi connectivity index (χ3v) is 6.26. The number of Topliss-reactive ketones (excluding diaryl/α,β-unsaturated/α-hetero) is 1. The minimum atomic E-state index is -0.375. The summed E-state index contributed by atoms with van der Waals surface area (Å²) in [6.07, 6.45) is 4.78. The maximum Gasteiger partial charge on any atom is 0.312 e. The van der Waals surface area contributed by atoms with E-state index < -0.39 is 0 Å². The highest BCUT2D eigenvalue weighted by Crippen LogP contribution is 2.23. The van der Waals surface area contributed by atoms with Gasteiger partial charge in [-0.3, -0.25) is 9.59 Å². The number of hydrogen-bond acceptors (Lipinski definition) is 4. The molecule has 4 nitrogen and oxygen atoms in total. The van der Waals surface area contributed by atoms with Crippen LogP contribution in [0.25, 0.3) is 23.1 Å². The molecule has 0 saturated heterocycles. The lowest BCUT2D eigenvalue weighted by Gasteiger charge is -2.14. The topological polar surface area (TPSA) is 56.3 Å². The van der Waals surface area contributed by atoms with Gasteiger partial charge in [0.15, 0.2) is 5.78 Å². The Hall–Kier alpha value is -3.76. The molecule has 1 atom stereocenters. The van der Waals surface area contributed by atoms with Gasteiger partial charge >= 0.3 is 5.97 Å². The molecule has 0 fully saturated rings. The Morgan fingerprint density at radius 3 is 2.60 bits per heavy atom. The number of methoxy groups -OCH3 is 1. The average Bonchev–Trinajstić information content (AvgIpc) is 2.89. The smallest absolute Gasteiger partial charge is 0.312 e. The van der Waals surface area contributed by atoms with E-state index in [-0.39, 0.29) is 17.7 Å². The van der Waals surface area contributed by atoms with Gasteiger partial charge in [0.25, 0.3) is 0 Å². The number of rotatable bonds is 8. The van der Waals surface area contributed by atoms with Crippen molar-refractivity contribution in [3.05, 3.63) is 112 Å². The number of ketones is 1. The largest absolute Gasteiger partial charge is 0.469 e. The molecule has 0 saturated carbocycles. The van der Waals surface area contributed by atoms with Gasteiger partial charge in [0, 0.05) is 22.4 Å². The maximum atomic E-state index is 13.0. The molecule has 0 aliphatic rings. The molecule has 35 heavy (non-hydrogen) atoms. The van der Waals surface area contributed by atoms with Crippen LogP contribution in [0.4, 0.5) is 0 Å². The van der Waals surface area contributed by atoms with E-state index in [0.717, 1.165) is 33.3 Å². The Morgan fingerprint density at radius 2 is 1.77 bits per heavy atom. The van der Waals surface area contributed by atoms with E-state index in [2.05, 4.69) is 4.98 Å². The summed E-state index contributed by atoms with van der Waals surface area (Å²) in [5, 5.41) is 1.68. The van der Waals surface area contributed by atoms with Gasteiger partial charge in [-0.05, 0) is 60.4 Å². The van der Waals surface area contributed by atoms with Crippen LogP contribution in [0.2, 0.25) is 5.02 Å². The molecule has 1 heterocycles. The zero-order valence-corrected chi connectivity index (χ0v) is 20.5. The summed E-state index contributed by atoms with van der Waals surface area (Å²) in [7, 11) is 1.39. The van der Waals surface area contributed by atoms with E-state index in [1.165, 1.54) is 7.11 Å². The van der Waals surface area contributed by atoms with Gasteiger partial charge in [-0.1, -0.05) is 72.3 Å². The second kappa shape index (κ2) is 11.1. The lowest BCUT2D eigenvalue weighted by Crippen LogP contribution is -2.13. The van der Waals surface area contributed by atoms with Crippen molar-refractivity contribution in [1.29, 1.82) is 0 Å².